The second-order valence-corrected chi connectivity index (χ2v) is 3.96. The predicted molar refractivity (Wildman–Crippen MR) is 49.5 cm³/mol. The Morgan fingerprint density at radius 2 is 2.27 bits per heavy atom. The van der Waals surface area contributed by atoms with Crippen molar-refractivity contribution in [1.82, 2.24) is 0 Å². The van der Waals surface area contributed by atoms with Gasteiger partial charge < -0.3 is 9.52 Å². The summed E-state index contributed by atoms with van der Waals surface area (Å²) in [6.07, 6.45) is 0.185. The fourth-order valence-corrected chi connectivity index (χ4v) is 1.44. The molecule has 0 aliphatic heterocycles. The van der Waals surface area contributed by atoms with Gasteiger partial charge >= 0.3 is 0 Å². The number of rotatable bonds is 2. The standard InChI is InChI=1S/C7H8Br2O2/c1-4(10)2-5-3-6(8)7(9)11-5/h3-4,10H,2H2,1H3/t4-/m0/s1. The Morgan fingerprint density at radius 1 is 1.64 bits per heavy atom. The minimum absolute atomic E-state index is 0.361. The number of hydrogen-bond acceptors (Lipinski definition) is 2. The topological polar surface area (TPSA) is 33.4 Å². The van der Waals surface area contributed by atoms with Gasteiger partial charge in [0.25, 0.3) is 0 Å². The maximum atomic E-state index is 9.02. The molecule has 62 valence electrons. The van der Waals surface area contributed by atoms with Crippen LogP contribution in [-0.2, 0) is 6.42 Å². The third-order valence-corrected chi connectivity index (χ3v) is 2.90. The maximum Gasteiger partial charge on any atom is 0.183 e. The van der Waals surface area contributed by atoms with E-state index in [0.29, 0.717) is 11.1 Å². The molecule has 0 spiro atoms. The third-order valence-electron chi connectivity index (χ3n) is 1.19. The summed E-state index contributed by atoms with van der Waals surface area (Å²) in [5.41, 5.74) is 0. The highest BCUT2D eigenvalue weighted by atomic mass is 79.9. The van der Waals surface area contributed by atoms with E-state index in [0.717, 1.165) is 10.2 Å². The number of halogens is 2. The van der Waals surface area contributed by atoms with Crippen LogP contribution >= 0.6 is 31.9 Å². The van der Waals surface area contributed by atoms with E-state index in [-0.39, 0.29) is 6.10 Å². The molecule has 0 amide bonds. The zero-order chi connectivity index (χ0) is 8.43. The number of aliphatic hydroxyl groups is 1. The molecule has 1 heterocycles. The highest BCUT2D eigenvalue weighted by Gasteiger charge is 2.07. The quantitative estimate of drug-likeness (QED) is 0.905. The van der Waals surface area contributed by atoms with Gasteiger partial charge in [-0.1, -0.05) is 0 Å². The molecule has 0 aromatic carbocycles. The summed E-state index contributed by atoms with van der Waals surface area (Å²) < 4.78 is 6.79. The Labute approximate surface area is 81.8 Å². The first kappa shape index (κ1) is 9.29. The van der Waals surface area contributed by atoms with Gasteiger partial charge in [0.15, 0.2) is 4.67 Å². The molecule has 0 bridgehead atoms. The first-order valence-electron chi connectivity index (χ1n) is 3.21. The van der Waals surface area contributed by atoms with Gasteiger partial charge in [0.05, 0.1) is 10.6 Å². The average molecular weight is 284 g/mol. The number of furan rings is 1. The molecule has 0 saturated heterocycles. The average Bonchev–Trinajstić information content (AvgIpc) is 2.10. The monoisotopic (exact) mass is 282 g/mol. The molecule has 0 saturated carbocycles. The lowest BCUT2D eigenvalue weighted by Gasteiger charge is -1.97. The van der Waals surface area contributed by atoms with Crippen LogP contribution in [0.25, 0.3) is 0 Å². The summed E-state index contributed by atoms with van der Waals surface area (Å²) in [5.74, 6) is 0.777. The molecule has 2 nitrogen and oxygen atoms in total. The van der Waals surface area contributed by atoms with Crippen molar-refractivity contribution >= 4 is 31.9 Å². The fourth-order valence-electron chi connectivity index (χ4n) is 0.783. The molecule has 0 unspecified atom stereocenters. The van der Waals surface area contributed by atoms with E-state index in [1.165, 1.54) is 0 Å². The first-order chi connectivity index (χ1) is 5.09. The number of aliphatic hydroxyl groups excluding tert-OH is 1. The Bertz CT molecular complexity index is 223. The summed E-state index contributed by atoms with van der Waals surface area (Å²) in [6, 6.07) is 1.84. The molecule has 0 aliphatic rings. The summed E-state index contributed by atoms with van der Waals surface area (Å²) >= 11 is 6.49. The van der Waals surface area contributed by atoms with Gasteiger partial charge in [-0.05, 0) is 44.8 Å². The Balaban J connectivity index is 2.73. The van der Waals surface area contributed by atoms with Crippen LogP contribution in [0.2, 0.25) is 0 Å². The molecule has 0 aliphatic carbocycles. The minimum atomic E-state index is -0.361. The van der Waals surface area contributed by atoms with Crippen LogP contribution in [0.3, 0.4) is 0 Å². The predicted octanol–water partition coefficient (Wildman–Crippen LogP) is 2.73. The highest BCUT2D eigenvalue weighted by Crippen LogP contribution is 2.27. The first-order valence-corrected chi connectivity index (χ1v) is 4.80. The molecule has 1 aromatic heterocycles. The van der Waals surface area contributed by atoms with E-state index >= 15 is 0 Å². The molecule has 1 rings (SSSR count). The van der Waals surface area contributed by atoms with Crippen molar-refractivity contribution in [2.24, 2.45) is 0 Å². The third kappa shape index (κ3) is 2.61. The molecule has 0 radical (unpaired) electrons. The lowest BCUT2D eigenvalue weighted by molar-refractivity contribution is 0.187. The van der Waals surface area contributed by atoms with Gasteiger partial charge in [-0.2, -0.15) is 0 Å². The summed E-state index contributed by atoms with van der Waals surface area (Å²) in [5, 5.41) is 9.02. The van der Waals surface area contributed by atoms with Crippen LogP contribution in [0, 0.1) is 0 Å². The Morgan fingerprint density at radius 3 is 2.64 bits per heavy atom. The lowest BCUT2D eigenvalue weighted by Crippen LogP contribution is -2.02. The molecule has 1 atom stereocenters. The zero-order valence-electron chi connectivity index (χ0n) is 5.97. The zero-order valence-corrected chi connectivity index (χ0v) is 9.15. The van der Waals surface area contributed by atoms with E-state index in [1.54, 1.807) is 6.92 Å². The largest absolute Gasteiger partial charge is 0.453 e. The van der Waals surface area contributed by atoms with E-state index in [4.69, 9.17) is 9.52 Å². The molecule has 0 fully saturated rings. The summed E-state index contributed by atoms with van der Waals surface area (Å²) in [6.45, 7) is 1.73. The molecular weight excluding hydrogens is 276 g/mol. The number of hydrogen-bond donors (Lipinski definition) is 1. The molecule has 11 heavy (non-hydrogen) atoms. The normalized spacial score (nSPS) is 13.5. The summed E-state index contributed by atoms with van der Waals surface area (Å²) in [4.78, 5) is 0. The van der Waals surface area contributed by atoms with Gasteiger partial charge in [-0.15, -0.1) is 0 Å². The van der Waals surface area contributed by atoms with Crippen molar-refractivity contribution in [1.29, 1.82) is 0 Å². The molecule has 1 aromatic rings. The second kappa shape index (κ2) is 3.74. The van der Waals surface area contributed by atoms with Crippen molar-refractivity contribution in [3.8, 4) is 0 Å². The molecule has 1 N–H and O–H groups in total. The smallest absolute Gasteiger partial charge is 0.183 e. The van der Waals surface area contributed by atoms with Crippen LogP contribution in [0.1, 0.15) is 12.7 Å². The van der Waals surface area contributed by atoms with Crippen molar-refractivity contribution in [3.05, 3.63) is 21.0 Å². The van der Waals surface area contributed by atoms with Gasteiger partial charge in [-0.3, -0.25) is 0 Å². The molecular formula is C7H8Br2O2. The van der Waals surface area contributed by atoms with Crippen molar-refractivity contribution in [3.63, 3.8) is 0 Å². The summed E-state index contributed by atoms with van der Waals surface area (Å²) in [7, 11) is 0. The SMILES string of the molecule is C[C@H](O)Cc1cc(Br)c(Br)o1. The van der Waals surface area contributed by atoms with E-state index in [9.17, 15) is 0 Å². The van der Waals surface area contributed by atoms with E-state index in [2.05, 4.69) is 31.9 Å². The van der Waals surface area contributed by atoms with Crippen LogP contribution in [0.5, 0.6) is 0 Å². The van der Waals surface area contributed by atoms with E-state index < -0.39 is 0 Å². The fraction of sp³-hybridized carbons (Fsp3) is 0.429. The lowest BCUT2D eigenvalue weighted by atomic mass is 10.2. The van der Waals surface area contributed by atoms with Crippen LogP contribution < -0.4 is 0 Å². The van der Waals surface area contributed by atoms with Crippen LogP contribution in [0.15, 0.2) is 19.6 Å². The second-order valence-electron chi connectivity index (χ2n) is 2.39. The minimum Gasteiger partial charge on any atom is -0.453 e. The van der Waals surface area contributed by atoms with Gasteiger partial charge in [-0.25, -0.2) is 0 Å². The highest BCUT2D eigenvalue weighted by molar-refractivity contribution is 9.13. The van der Waals surface area contributed by atoms with Gasteiger partial charge in [0.1, 0.15) is 5.76 Å². The van der Waals surface area contributed by atoms with Gasteiger partial charge in [0, 0.05) is 6.42 Å². The van der Waals surface area contributed by atoms with Crippen molar-refractivity contribution < 1.29 is 9.52 Å². The van der Waals surface area contributed by atoms with Gasteiger partial charge in [0.2, 0.25) is 0 Å². The maximum absolute atomic E-state index is 9.02. The van der Waals surface area contributed by atoms with Crippen molar-refractivity contribution in [2.75, 3.05) is 0 Å². The van der Waals surface area contributed by atoms with Crippen molar-refractivity contribution in [2.45, 2.75) is 19.4 Å². The molecule has 4 heteroatoms. The van der Waals surface area contributed by atoms with Crippen LogP contribution in [0.4, 0.5) is 0 Å². The van der Waals surface area contributed by atoms with Crippen LogP contribution in [-0.4, -0.2) is 11.2 Å². The Kier molecular flexibility index (Phi) is 3.16. The van der Waals surface area contributed by atoms with E-state index in [1.807, 2.05) is 6.07 Å². The Hall–Kier alpha value is 0.200.